The van der Waals surface area contributed by atoms with Crippen LogP contribution in [0.25, 0.3) is 0 Å². The molecule has 0 aromatic carbocycles. The molecule has 0 spiro atoms. The first kappa shape index (κ1) is 10.4. The Kier molecular flexibility index (Phi) is 2.86. The van der Waals surface area contributed by atoms with Crippen LogP contribution in [0.15, 0.2) is 6.20 Å². The number of carbonyl (C=O) groups excluding carboxylic acids is 1. The largest absolute Gasteiger partial charge is 0.370 e. The van der Waals surface area contributed by atoms with Gasteiger partial charge in [-0.3, -0.25) is 4.79 Å². The first-order valence-electron chi connectivity index (χ1n) is 5.36. The van der Waals surface area contributed by atoms with Crippen molar-refractivity contribution < 1.29 is 9.53 Å². The fourth-order valence-corrected chi connectivity index (χ4v) is 2.29. The van der Waals surface area contributed by atoms with E-state index in [1.54, 1.807) is 13.3 Å². The van der Waals surface area contributed by atoms with Crippen molar-refractivity contribution in [2.24, 2.45) is 0 Å². The third-order valence-corrected chi connectivity index (χ3v) is 3.21. The van der Waals surface area contributed by atoms with Gasteiger partial charge in [0, 0.05) is 7.11 Å². The fraction of sp³-hybridized carbons (Fsp3) is 0.636. The molecule has 1 saturated carbocycles. The highest BCUT2D eigenvalue weighted by Gasteiger charge is 2.36. The van der Waals surface area contributed by atoms with Gasteiger partial charge in [0.25, 0.3) is 0 Å². The maximum absolute atomic E-state index is 10.6. The summed E-state index contributed by atoms with van der Waals surface area (Å²) in [6.45, 7) is 0. The van der Waals surface area contributed by atoms with Crippen LogP contribution < -0.4 is 0 Å². The van der Waals surface area contributed by atoms with Crippen molar-refractivity contribution in [1.82, 2.24) is 9.97 Å². The molecule has 4 heteroatoms. The van der Waals surface area contributed by atoms with Gasteiger partial charge in [0.2, 0.25) is 0 Å². The molecule has 15 heavy (non-hydrogen) atoms. The number of nitrogens with zero attached hydrogens (tertiary/aromatic N) is 1. The van der Waals surface area contributed by atoms with Gasteiger partial charge in [0.1, 0.15) is 11.4 Å². The minimum atomic E-state index is -0.292. The molecule has 0 radical (unpaired) electrons. The molecule has 1 aromatic rings. The van der Waals surface area contributed by atoms with Gasteiger partial charge in [0.15, 0.2) is 6.29 Å². The van der Waals surface area contributed by atoms with E-state index in [0.717, 1.165) is 37.8 Å². The average molecular weight is 208 g/mol. The maximum Gasteiger partial charge on any atom is 0.167 e. The van der Waals surface area contributed by atoms with Crippen molar-refractivity contribution >= 4 is 6.29 Å². The highest BCUT2D eigenvalue weighted by molar-refractivity contribution is 5.71. The number of aromatic nitrogens is 2. The van der Waals surface area contributed by atoms with Crippen LogP contribution in [0.1, 0.15) is 48.4 Å². The monoisotopic (exact) mass is 208 g/mol. The van der Waals surface area contributed by atoms with Crippen LogP contribution in [0.3, 0.4) is 0 Å². The zero-order valence-corrected chi connectivity index (χ0v) is 8.95. The summed E-state index contributed by atoms with van der Waals surface area (Å²) in [5.41, 5.74) is 0.228. The maximum atomic E-state index is 10.6. The lowest BCUT2D eigenvalue weighted by Gasteiger charge is -2.34. The van der Waals surface area contributed by atoms with Gasteiger partial charge in [-0.25, -0.2) is 4.98 Å². The molecular formula is C11H16N2O2. The third-order valence-electron chi connectivity index (χ3n) is 3.21. The van der Waals surface area contributed by atoms with Gasteiger partial charge in [0.05, 0.1) is 11.9 Å². The molecule has 0 unspecified atom stereocenters. The summed E-state index contributed by atoms with van der Waals surface area (Å²) in [6, 6.07) is 0. The second-order valence-corrected chi connectivity index (χ2v) is 4.06. The van der Waals surface area contributed by atoms with Crippen molar-refractivity contribution in [2.75, 3.05) is 7.11 Å². The third kappa shape index (κ3) is 1.81. The number of hydrogen-bond donors (Lipinski definition) is 1. The van der Waals surface area contributed by atoms with E-state index in [1.165, 1.54) is 6.42 Å². The molecule has 1 aliphatic carbocycles. The summed E-state index contributed by atoms with van der Waals surface area (Å²) in [7, 11) is 1.72. The Hall–Kier alpha value is -1.16. The zero-order valence-electron chi connectivity index (χ0n) is 8.95. The highest BCUT2D eigenvalue weighted by Crippen LogP contribution is 2.38. The van der Waals surface area contributed by atoms with E-state index in [2.05, 4.69) is 9.97 Å². The lowest BCUT2D eigenvalue weighted by atomic mass is 9.84. The standard InChI is InChI=1S/C11H16N2O2/c1-15-11(5-3-2-4-6-11)10-12-7-9(8-14)13-10/h7-8H,2-6H2,1H3,(H,12,13). The summed E-state index contributed by atoms with van der Waals surface area (Å²) >= 11 is 0. The molecule has 1 aromatic heterocycles. The quantitative estimate of drug-likeness (QED) is 0.773. The molecular weight excluding hydrogens is 192 g/mol. The zero-order chi connectivity index (χ0) is 10.7. The number of hydrogen-bond acceptors (Lipinski definition) is 3. The van der Waals surface area contributed by atoms with Gasteiger partial charge < -0.3 is 9.72 Å². The Morgan fingerprint density at radius 2 is 2.20 bits per heavy atom. The summed E-state index contributed by atoms with van der Waals surface area (Å²) < 4.78 is 5.61. The van der Waals surface area contributed by atoms with Crippen molar-refractivity contribution in [3.63, 3.8) is 0 Å². The number of methoxy groups -OCH3 is 1. The van der Waals surface area contributed by atoms with E-state index in [-0.39, 0.29) is 5.60 Å². The van der Waals surface area contributed by atoms with Crippen molar-refractivity contribution in [3.8, 4) is 0 Å². The van der Waals surface area contributed by atoms with Gasteiger partial charge in [-0.2, -0.15) is 0 Å². The number of ether oxygens (including phenoxy) is 1. The Balaban J connectivity index is 2.27. The van der Waals surface area contributed by atoms with E-state index in [0.29, 0.717) is 5.69 Å². The number of aromatic amines is 1. The molecule has 4 nitrogen and oxygen atoms in total. The predicted molar refractivity (Wildman–Crippen MR) is 55.7 cm³/mol. The molecule has 1 heterocycles. The molecule has 0 aliphatic heterocycles. The molecule has 0 amide bonds. The van der Waals surface area contributed by atoms with Crippen LogP contribution in [-0.4, -0.2) is 23.4 Å². The van der Waals surface area contributed by atoms with E-state index >= 15 is 0 Å². The fourth-order valence-electron chi connectivity index (χ4n) is 2.29. The van der Waals surface area contributed by atoms with Gasteiger partial charge in [-0.05, 0) is 12.8 Å². The average Bonchev–Trinajstić information content (AvgIpc) is 2.79. The van der Waals surface area contributed by atoms with Gasteiger partial charge in [-0.1, -0.05) is 19.3 Å². The Morgan fingerprint density at radius 3 is 2.73 bits per heavy atom. The number of carbonyl (C=O) groups is 1. The highest BCUT2D eigenvalue weighted by atomic mass is 16.5. The van der Waals surface area contributed by atoms with Crippen LogP contribution in [0.4, 0.5) is 0 Å². The molecule has 0 bridgehead atoms. The van der Waals surface area contributed by atoms with E-state index in [1.807, 2.05) is 0 Å². The molecule has 0 atom stereocenters. The van der Waals surface area contributed by atoms with E-state index in [4.69, 9.17) is 4.74 Å². The molecule has 0 saturated heterocycles. The minimum Gasteiger partial charge on any atom is -0.370 e. The number of aldehydes is 1. The number of H-pyrrole nitrogens is 1. The Bertz CT molecular complexity index is 340. The molecule has 2 rings (SSSR count). The van der Waals surface area contributed by atoms with Crippen LogP contribution in [0, 0.1) is 0 Å². The predicted octanol–water partition coefficient (Wildman–Crippen LogP) is 2.03. The summed E-state index contributed by atoms with van der Waals surface area (Å²) in [6.07, 6.45) is 7.88. The lowest BCUT2D eigenvalue weighted by molar-refractivity contribution is -0.0509. The Labute approximate surface area is 89.0 Å². The van der Waals surface area contributed by atoms with Crippen LogP contribution in [0.5, 0.6) is 0 Å². The number of nitrogens with one attached hydrogen (secondary N) is 1. The summed E-state index contributed by atoms with van der Waals surface area (Å²) in [5.74, 6) is 0.798. The first-order valence-corrected chi connectivity index (χ1v) is 5.36. The lowest BCUT2D eigenvalue weighted by Crippen LogP contribution is -2.32. The molecule has 1 aliphatic rings. The SMILES string of the molecule is COC1(c2ncc(C=O)[nH]2)CCCCC1. The topological polar surface area (TPSA) is 55.0 Å². The van der Waals surface area contributed by atoms with Crippen molar-refractivity contribution in [3.05, 3.63) is 17.7 Å². The van der Waals surface area contributed by atoms with Crippen LogP contribution >= 0.6 is 0 Å². The van der Waals surface area contributed by atoms with Crippen molar-refractivity contribution in [2.45, 2.75) is 37.7 Å². The summed E-state index contributed by atoms with van der Waals surface area (Å²) in [4.78, 5) is 17.8. The molecule has 82 valence electrons. The Morgan fingerprint density at radius 1 is 1.47 bits per heavy atom. The van der Waals surface area contributed by atoms with Gasteiger partial charge in [-0.15, -0.1) is 0 Å². The summed E-state index contributed by atoms with van der Waals surface area (Å²) in [5, 5.41) is 0. The second-order valence-electron chi connectivity index (χ2n) is 4.06. The molecule has 1 fully saturated rings. The minimum absolute atomic E-state index is 0.292. The second kappa shape index (κ2) is 4.14. The van der Waals surface area contributed by atoms with E-state index in [9.17, 15) is 4.79 Å². The number of imidazole rings is 1. The first-order chi connectivity index (χ1) is 7.30. The number of rotatable bonds is 3. The van der Waals surface area contributed by atoms with Crippen LogP contribution in [0.2, 0.25) is 0 Å². The smallest absolute Gasteiger partial charge is 0.167 e. The van der Waals surface area contributed by atoms with Crippen molar-refractivity contribution in [1.29, 1.82) is 0 Å². The van der Waals surface area contributed by atoms with Gasteiger partial charge >= 0.3 is 0 Å². The normalized spacial score (nSPS) is 20.1. The molecule has 1 N–H and O–H groups in total. The van der Waals surface area contributed by atoms with E-state index < -0.39 is 0 Å². The van der Waals surface area contributed by atoms with Crippen LogP contribution in [-0.2, 0) is 10.3 Å².